The summed E-state index contributed by atoms with van der Waals surface area (Å²) in [6.45, 7) is 0.471. The average molecular weight is 224 g/mol. The Balaban J connectivity index is 2.11. The Hall–Kier alpha value is -0.940. The molecule has 0 amide bonds. The summed E-state index contributed by atoms with van der Waals surface area (Å²) in [4.78, 5) is 0. The van der Waals surface area contributed by atoms with E-state index < -0.39 is 6.10 Å². The van der Waals surface area contributed by atoms with Crippen molar-refractivity contribution in [1.82, 2.24) is 14.8 Å². The Morgan fingerprint density at radius 1 is 1.44 bits per heavy atom. The largest absolute Gasteiger partial charge is 0.385 e. The molecule has 1 aliphatic rings. The highest BCUT2D eigenvalue weighted by Gasteiger charge is 2.21. The third-order valence-electron chi connectivity index (χ3n) is 3.31. The molecule has 90 valence electrons. The summed E-state index contributed by atoms with van der Waals surface area (Å²) in [5.74, 6) is 0.678. The van der Waals surface area contributed by atoms with Gasteiger partial charge in [0.1, 0.15) is 12.4 Å². The van der Waals surface area contributed by atoms with Gasteiger partial charge >= 0.3 is 0 Å². The van der Waals surface area contributed by atoms with Crippen molar-refractivity contribution in [2.24, 2.45) is 5.73 Å². The molecule has 0 bridgehead atoms. The zero-order valence-corrected chi connectivity index (χ0v) is 9.55. The van der Waals surface area contributed by atoms with E-state index in [9.17, 15) is 5.11 Å². The molecule has 0 aromatic carbocycles. The second kappa shape index (κ2) is 5.41. The molecule has 0 spiro atoms. The summed E-state index contributed by atoms with van der Waals surface area (Å²) in [6, 6.07) is 0.464. The summed E-state index contributed by atoms with van der Waals surface area (Å²) in [6.07, 6.45) is 7.88. The molecule has 1 aromatic rings. The average Bonchev–Trinajstić information content (AvgIpc) is 2.79. The normalized spacial score (nSPS) is 19.9. The monoisotopic (exact) mass is 224 g/mol. The second-order valence-corrected chi connectivity index (χ2v) is 4.48. The minimum absolute atomic E-state index is 0.464. The number of nitrogens with zero attached hydrogens (tertiary/aromatic N) is 3. The van der Waals surface area contributed by atoms with E-state index in [1.54, 1.807) is 6.33 Å². The molecular weight excluding hydrogens is 204 g/mol. The lowest BCUT2D eigenvalue weighted by molar-refractivity contribution is 0.150. The van der Waals surface area contributed by atoms with Crippen LogP contribution in [0, 0.1) is 0 Å². The van der Waals surface area contributed by atoms with Crippen LogP contribution in [0.3, 0.4) is 0 Å². The molecule has 1 atom stereocenters. The maximum absolute atomic E-state index is 9.92. The summed E-state index contributed by atoms with van der Waals surface area (Å²) in [7, 11) is 0. The van der Waals surface area contributed by atoms with Gasteiger partial charge in [-0.3, -0.25) is 0 Å². The van der Waals surface area contributed by atoms with Gasteiger partial charge < -0.3 is 15.4 Å². The van der Waals surface area contributed by atoms with E-state index in [2.05, 4.69) is 10.2 Å². The molecule has 2 rings (SSSR count). The lowest BCUT2D eigenvalue weighted by Crippen LogP contribution is -2.18. The first kappa shape index (κ1) is 11.5. The van der Waals surface area contributed by atoms with Gasteiger partial charge in [0.2, 0.25) is 0 Å². The van der Waals surface area contributed by atoms with Gasteiger partial charge in [-0.1, -0.05) is 19.3 Å². The number of aliphatic hydroxyl groups is 1. The number of aliphatic hydroxyl groups excluding tert-OH is 1. The van der Waals surface area contributed by atoms with Gasteiger partial charge in [-0.05, 0) is 25.8 Å². The number of nitrogens with two attached hydrogens (primary N) is 1. The Bertz CT molecular complexity index is 320. The van der Waals surface area contributed by atoms with Crippen molar-refractivity contribution < 1.29 is 5.11 Å². The maximum atomic E-state index is 9.92. The molecular formula is C11H20N4O. The maximum Gasteiger partial charge on any atom is 0.162 e. The summed E-state index contributed by atoms with van der Waals surface area (Å²) in [5, 5.41) is 17.8. The minimum atomic E-state index is -0.575. The van der Waals surface area contributed by atoms with Gasteiger partial charge in [0.25, 0.3) is 0 Å². The van der Waals surface area contributed by atoms with Crippen LogP contribution in [0.25, 0.3) is 0 Å². The molecule has 0 radical (unpaired) electrons. The number of hydrogen-bond acceptors (Lipinski definition) is 4. The predicted molar refractivity (Wildman–Crippen MR) is 60.8 cm³/mol. The van der Waals surface area contributed by atoms with Crippen molar-refractivity contribution in [2.45, 2.75) is 50.7 Å². The molecule has 5 heteroatoms. The molecule has 5 nitrogen and oxygen atoms in total. The van der Waals surface area contributed by atoms with E-state index >= 15 is 0 Å². The van der Waals surface area contributed by atoms with E-state index in [4.69, 9.17) is 5.73 Å². The van der Waals surface area contributed by atoms with Crippen LogP contribution in [0.5, 0.6) is 0 Å². The fourth-order valence-corrected chi connectivity index (χ4v) is 2.42. The van der Waals surface area contributed by atoms with Crippen molar-refractivity contribution in [3.63, 3.8) is 0 Å². The Labute approximate surface area is 95.7 Å². The van der Waals surface area contributed by atoms with Gasteiger partial charge in [-0.2, -0.15) is 0 Å². The van der Waals surface area contributed by atoms with Crippen LogP contribution in [-0.4, -0.2) is 26.4 Å². The third-order valence-corrected chi connectivity index (χ3v) is 3.31. The highest BCUT2D eigenvalue weighted by atomic mass is 16.3. The lowest BCUT2D eigenvalue weighted by Gasteiger charge is -2.25. The van der Waals surface area contributed by atoms with E-state index in [1.165, 1.54) is 32.1 Å². The Kier molecular flexibility index (Phi) is 3.90. The van der Waals surface area contributed by atoms with Crippen molar-refractivity contribution in [2.75, 3.05) is 6.54 Å². The van der Waals surface area contributed by atoms with E-state index in [0.29, 0.717) is 24.8 Å². The molecule has 0 unspecified atom stereocenters. The molecule has 16 heavy (non-hydrogen) atoms. The van der Waals surface area contributed by atoms with Crippen molar-refractivity contribution in [1.29, 1.82) is 0 Å². The minimum Gasteiger partial charge on any atom is -0.385 e. The lowest BCUT2D eigenvalue weighted by atomic mass is 9.95. The quantitative estimate of drug-likeness (QED) is 0.804. The molecule has 1 aromatic heterocycles. The first-order valence-electron chi connectivity index (χ1n) is 6.10. The number of hydrogen-bond donors (Lipinski definition) is 2. The van der Waals surface area contributed by atoms with Crippen LogP contribution in [0.1, 0.15) is 56.5 Å². The van der Waals surface area contributed by atoms with Crippen LogP contribution in [0.2, 0.25) is 0 Å². The molecule has 1 saturated carbocycles. The highest BCUT2D eigenvalue weighted by molar-refractivity contribution is 4.95. The smallest absolute Gasteiger partial charge is 0.162 e. The predicted octanol–water partition coefficient (Wildman–Crippen LogP) is 1.17. The molecule has 0 aliphatic heterocycles. The topological polar surface area (TPSA) is 77.0 Å². The molecule has 0 saturated heterocycles. The Morgan fingerprint density at radius 3 is 2.88 bits per heavy atom. The van der Waals surface area contributed by atoms with Crippen molar-refractivity contribution in [3.8, 4) is 0 Å². The zero-order valence-electron chi connectivity index (χ0n) is 9.55. The summed E-state index contributed by atoms with van der Waals surface area (Å²) in [5.41, 5.74) is 5.45. The molecule has 1 aliphatic carbocycles. The van der Waals surface area contributed by atoms with Gasteiger partial charge in [0, 0.05) is 6.04 Å². The second-order valence-electron chi connectivity index (χ2n) is 4.48. The van der Waals surface area contributed by atoms with Gasteiger partial charge in [-0.25, -0.2) is 0 Å². The first-order chi connectivity index (χ1) is 7.83. The number of rotatable bonds is 4. The SMILES string of the molecule is NCC[C@H](O)c1nncn1C1CCCCC1. The fourth-order valence-electron chi connectivity index (χ4n) is 2.42. The van der Waals surface area contributed by atoms with E-state index in [1.807, 2.05) is 4.57 Å². The third kappa shape index (κ3) is 2.41. The van der Waals surface area contributed by atoms with Crippen molar-refractivity contribution >= 4 is 0 Å². The first-order valence-corrected chi connectivity index (χ1v) is 6.10. The Morgan fingerprint density at radius 2 is 2.19 bits per heavy atom. The van der Waals surface area contributed by atoms with Crippen LogP contribution >= 0.6 is 0 Å². The van der Waals surface area contributed by atoms with E-state index in [-0.39, 0.29) is 0 Å². The van der Waals surface area contributed by atoms with Gasteiger partial charge in [0.05, 0.1) is 0 Å². The standard InChI is InChI=1S/C11H20N4O/c12-7-6-10(16)11-14-13-8-15(11)9-4-2-1-3-5-9/h8-10,16H,1-7,12H2/t10-/m0/s1. The zero-order chi connectivity index (χ0) is 11.4. The van der Waals surface area contributed by atoms with Crippen LogP contribution in [0.15, 0.2) is 6.33 Å². The van der Waals surface area contributed by atoms with Crippen molar-refractivity contribution in [3.05, 3.63) is 12.2 Å². The van der Waals surface area contributed by atoms with E-state index in [0.717, 1.165) is 0 Å². The van der Waals surface area contributed by atoms with Crippen LogP contribution in [0.4, 0.5) is 0 Å². The molecule has 1 fully saturated rings. The van der Waals surface area contributed by atoms with Crippen LogP contribution < -0.4 is 5.73 Å². The summed E-state index contributed by atoms with van der Waals surface area (Å²) >= 11 is 0. The highest BCUT2D eigenvalue weighted by Crippen LogP contribution is 2.30. The fraction of sp³-hybridized carbons (Fsp3) is 0.818. The van der Waals surface area contributed by atoms with Gasteiger partial charge in [-0.15, -0.1) is 10.2 Å². The van der Waals surface area contributed by atoms with Gasteiger partial charge in [0.15, 0.2) is 5.82 Å². The summed E-state index contributed by atoms with van der Waals surface area (Å²) < 4.78 is 2.04. The van der Waals surface area contributed by atoms with Crippen LogP contribution in [-0.2, 0) is 0 Å². The number of aromatic nitrogens is 3. The molecule has 3 N–H and O–H groups in total. The molecule has 1 heterocycles.